The first-order valence-corrected chi connectivity index (χ1v) is 6.94. The van der Waals surface area contributed by atoms with Gasteiger partial charge < -0.3 is 15.5 Å². The molecule has 3 N–H and O–H groups in total. The Morgan fingerprint density at radius 3 is 2.32 bits per heavy atom. The fourth-order valence-electron chi connectivity index (χ4n) is 2.06. The molecular weight excluding hydrogens is 277 g/mol. The van der Waals surface area contributed by atoms with Gasteiger partial charge in [0.1, 0.15) is 5.75 Å². The Labute approximate surface area is 130 Å². The number of amides is 1. The van der Waals surface area contributed by atoms with Crippen LogP contribution in [0.15, 0.2) is 42.5 Å². The SMILES string of the molecule is COc1ccc(/C=C/c2cc(B(C)O)cc(C(N)=O)c2)cc1. The second kappa shape index (κ2) is 6.96. The summed E-state index contributed by atoms with van der Waals surface area (Å²) in [5.74, 6) is 0.283. The quantitative estimate of drug-likeness (QED) is 0.652. The molecule has 1 amide bonds. The molecule has 0 radical (unpaired) electrons. The zero-order valence-corrected chi connectivity index (χ0v) is 12.6. The van der Waals surface area contributed by atoms with Gasteiger partial charge in [0.25, 0.3) is 0 Å². The van der Waals surface area contributed by atoms with E-state index >= 15 is 0 Å². The molecule has 5 heteroatoms. The highest BCUT2D eigenvalue weighted by atomic mass is 16.5. The van der Waals surface area contributed by atoms with Gasteiger partial charge in [-0.3, -0.25) is 4.79 Å². The summed E-state index contributed by atoms with van der Waals surface area (Å²) in [6, 6.07) is 12.8. The highest BCUT2D eigenvalue weighted by Gasteiger charge is 2.11. The molecule has 4 nitrogen and oxygen atoms in total. The maximum atomic E-state index is 11.4. The monoisotopic (exact) mass is 295 g/mol. The van der Waals surface area contributed by atoms with E-state index in [1.807, 2.05) is 42.5 Å². The number of hydrogen-bond acceptors (Lipinski definition) is 3. The largest absolute Gasteiger partial charge is 0.497 e. The second-order valence-electron chi connectivity index (χ2n) is 5.04. The molecule has 2 aromatic carbocycles. The number of carbonyl (C=O) groups is 1. The number of nitrogens with two attached hydrogens (primary N) is 1. The van der Waals surface area contributed by atoms with E-state index in [1.165, 1.54) is 0 Å². The Balaban J connectivity index is 2.30. The van der Waals surface area contributed by atoms with Gasteiger partial charge in [-0.25, -0.2) is 0 Å². The van der Waals surface area contributed by atoms with Crippen LogP contribution in [0.5, 0.6) is 5.75 Å². The van der Waals surface area contributed by atoms with Crippen molar-refractivity contribution >= 4 is 30.4 Å². The third-order valence-electron chi connectivity index (χ3n) is 3.33. The standard InChI is InChI=1S/C17H18BNO3/c1-18(21)15-10-13(9-14(11-15)17(19)20)4-3-12-5-7-16(22-2)8-6-12/h3-11,21H,1-2H3,(H2,19,20)/b4-3+. The zero-order chi connectivity index (χ0) is 16.1. The van der Waals surface area contributed by atoms with Crippen LogP contribution >= 0.6 is 0 Å². The van der Waals surface area contributed by atoms with Gasteiger partial charge in [0.05, 0.1) is 7.11 Å². The van der Waals surface area contributed by atoms with E-state index in [2.05, 4.69) is 0 Å². The molecule has 0 aromatic heterocycles. The van der Waals surface area contributed by atoms with Gasteiger partial charge >= 0.3 is 6.92 Å². The van der Waals surface area contributed by atoms with Crippen LogP contribution in [0.1, 0.15) is 21.5 Å². The average molecular weight is 295 g/mol. The molecule has 0 aliphatic carbocycles. The molecule has 2 aromatic rings. The maximum Gasteiger partial charge on any atom is 0.320 e. The molecule has 0 saturated heterocycles. The molecular formula is C17H18BNO3. The molecule has 0 atom stereocenters. The number of hydrogen-bond donors (Lipinski definition) is 2. The van der Waals surface area contributed by atoms with Gasteiger partial charge in [0, 0.05) is 5.56 Å². The summed E-state index contributed by atoms with van der Waals surface area (Å²) in [7, 11) is 1.62. The lowest BCUT2D eigenvalue weighted by atomic mass is 9.64. The van der Waals surface area contributed by atoms with Crippen molar-refractivity contribution in [2.75, 3.05) is 7.11 Å². The van der Waals surface area contributed by atoms with Crippen LogP contribution in [0.3, 0.4) is 0 Å². The van der Waals surface area contributed by atoms with Crippen LogP contribution in [0, 0.1) is 0 Å². The first-order chi connectivity index (χ1) is 10.5. The van der Waals surface area contributed by atoms with Crippen molar-refractivity contribution < 1.29 is 14.6 Å². The van der Waals surface area contributed by atoms with E-state index in [9.17, 15) is 9.82 Å². The van der Waals surface area contributed by atoms with Crippen molar-refractivity contribution in [3.63, 3.8) is 0 Å². The molecule has 0 aliphatic rings. The number of carbonyl (C=O) groups excluding carboxylic acids is 1. The number of primary amides is 1. The predicted molar refractivity (Wildman–Crippen MR) is 90.4 cm³/mol. The number of ether oxygens (including phenoxy) is 1. The Hall–Kier alpha value is -2.53. The van der Waals surface area contributed by atoms with Crippen LogP contribution in [-0.2, 0) is 0 Å². The molecule has 0 saturated carbocycles. The summed E-state index contributed by atoms with van der Waals surface area (Å²) in [5.41, 5.74) is 8.18. The molecule has 0 aliphatic heterocycles. The van der Waals surface area contributed by atoms with E-state index in [4.69, 9.17) is 10.5 Å². The molecule has 22 heavy (non-hydrogen) atoms. The van der Waals surface area contributed by atoms with Crippen LogP contribution in [0.2, 0.25) is 6.82 Å². The molecule has 2 rings (SSSR count). The lowest BCUT2D eigenvalue weighted by Gasteiger charge is -2.06. The van der Waals surface area contributed by atoms with Crippen molar-refractivity contribution in [2.24, 2.45) is 5.73 Å². The van der Waals surface area contributed by atoms with E-state index in [1.54, 1.807) is 26.1 Å². The minimum Gasteiger partial charge on any atom is -0.497 e. The van der Waals surface area contributed by atoms with Crippen LogP contribution < -0.4 is 15.9 Å². The Morgan fingerprint density at radius 1 is 1.14 bits per heavy atom. The predicted octanol–water partition coefficient (Wildman–Crippen LogP) is 1.79. The fraction of sp³-hybridized carbons (Fsp3) is 0.118. The topological polar surface area (TPSA) is 72.6 Å². The lowest BCUT2D eigenvalue weighted by molar-refractivity contribution is 0.100. The van der Waals surface area contributed by atoms with Crippen molar-refractivity contribution in [3.8, 4) is 5.75 Å². The number of methoxy groups -OCH3 is 1. The smallest absolute Gasteiger partial charge is 0.320 e. The fourth-order valence-corrected chi connectivity index (χ4v) is 2.06. The van der Waals surface area contributed by atoms with E-state index in [0.29, 0.717) is 11.0 Å². The minimum absolute atomic E-state index is 0.382. The summed E-state index contributed by atoms with van der Waals surface area (Å²) in [5, 5.41) is 9.71. The Kier molecular flexibility index (Phi) is 5.01. The molecule has 112 valence electrons. The highest BCUT2D eigenvalue weighted by Crippen LogP contribution is 2.14. The summed E-state index contributed by atoms with van der Waals surface area (Å²) in [6.45, 7) is 0.990. The summed E-state index contributed by atoms with van der Waals surface area (Å²) >= 11 is 0. The van der Waals surface area contributed by atoms with Crippen LogP contribution in [0.25, 0.3) is 12.2 Å². The number of rotatable bonds is 5. The molecule has 0 unspecified atom stereocenters. The first-order valence-electron chi connectivity index (χ1n) is 6.94. The van der Waals surface area contributed by atoms with Crippen molar-refractivity contribution in [3.05, 3.63) is 59.2 Å². The third-order valence-corrected chi connectivity index (χ3v) is 3.33. The summed E-state index contributed by atoms with van der Waals surface area (Å²) in [4.78, 5) is 11.4. The van der Waals surface area contributed by atoms with Gasteiger partial charge in [-0.15, -0.1) is 0 Å². The van der Waals surface area contributed by atoms with E-state index in [0.717, 1.165) is 16.9 Å². The maximum absolute atomic E-state index is 11.4. The molecule has 0 fully saturated rings. The van der Waals surface area contributed by atoms with Gasteiger partial charge in [0.15, 0.2) is 0 Å². The summed E-state index contributed by atoms with van der Waals surface area (Å²) in [6.07, 6.45) is 3.80. The first kappa shape index (κ1) is 15.9. The van der Waals surface area contributed by atoms with Gasteiger partial charge in [-0.05, 0) is 34.8 Å². The van der Waals surface area contributed by atoms with Gasteiger partial charge in [-0.2, -0.15) is 0 Å². The Morgan fingerprint density at radius 2 is 1.77 bits per heavy atom. The van der Waals surface area contributed by atoms with Gasteiger partial charge in [0.2, 0.25) is 5.91 Å². The van der Waals surface area contributed by atoms with E-state index in [-0.39, 0.29) is 0 Å². The molecule has 0 heterocycles. The molecule has 0 spiro atoms. The third kappa shape index (κ3) is 3.99. The van der Waals surface area contributed by atoms with Gasteiger partial charge in [-0.1, -0.05) is 43.2 Å². The van der Waals surface area contributed by atoms with Crippen LogP contribution in [-0.4, -0.2) is 25.0 Å². The van der Waals surface area contributed by atoms with E-state index < -0.39 is 12.8 Å². The zero-order valence-electron chi connectivity index (χ0n) is 12.6. The second-order valence-corrected chi connectivity index (χ2v) is 5.04. The van der Waals surface area contributed by atoms with Crippen molar-refractivity contribution in [1.82, 2.24) is 0 Å². The highest BCUT2D eigenvalue weighted by molar-refractivity contribution is 6.64. The summed E-state index contributed by atoms with van der Waals surface area (Å²) < 4.78 is 5.11. The average Bonchev–Trinajstić information content (AvgIpc) is 2.53. The van der Waals surface area contributed by atoms with Crippen LogP contribution in [0.4, 0.5) is 0 Å². The van der Waals surface area contributed by atoms with Crippen molar-refractivity contribution in [2.45, 2.75) is 6.82 Å². The Bertz CT molecular complexity index is 694. The normalized spacial score (nSPS) is 10.7. The van der Waals surface area contributed by atoms with Crippen molar-refractivity contribution in [1.29, 1.82) is 0 Å². The minimum atomic E-state index is -0.660. The lowest BCUT2D eigenvalue weighted by Crippen LogP contribution is -2.28. The number of benzene rings is 2. The molecule has 0 bridgehead atoms.